The number of rotatable bonds is 0. The van der Waals surface area contributed by atoms with E-state index in [9.17, 15) is 50.4 Å². The monoisotopic (exact) mass is 707 g/mol. The molecule has 1 aromatic carbocycles. The third-order valence-electron chi connectivity index (χ3n) is 1.23. The standard InChI is InChI=1S/C6H5N3.4CH3.2F6P.U/c1-2-4-6-5(3-1)7-9-8-6;;;;;2*1-7(2,3,4,5)6;/h1-4H,(H,7,8,9);4*1H3;;;/q;;;;;2*-1;+2. The van der Waals surface area contributed by atoms with Crippen LogP contribution in [0.1, 0.15) is 0 Å². The van der Waals surface area contributed by atoms with Crippen molar-refractivity contribution in [3.05, 3.63) is 24.3 Å². The molecule has 0 radical (unpaired) electrons. The average Bonchev–Trinajstić information content (AvgIpc) is 2.64. The molecular formula is C10H17F12N3P2U. The molecule has 0 saturated carbocycles. The second-order valence-electron chi connectivity index (χ2n) is 6.75. The maximum Gasteiger partial charge on any atom is 0.112 e. The van der Waals surface area contributed by atoms with E-state index in [-0.39, 0.29) is 0 Å². The molecule has 0 spiro atoms. The van der Waals surface area contributed by atoms with Crippen molar-refractivity contribution in [2.45, 2.75) is 15.8 Å². The van der Waals surface area contributed by atoms with Crippen molar-refractivity contribution < 1.29 is 74.7 Å². The first kappa shape index (κ1) is 29.9. The molecule has 0 aliphatic carbocycles. The number of fused-ring (bicyclic) bond motifs is 1. The van der Waals surface area contributed by atoms with Crippen LogP contribution >= 0.6 is 15.6 Å². The van der Waals surface area contributed by atoms with E-state index in [0.29, 0.717) is 0 Å². The quantitative estimate of drug-likeness (QED) is 0.219. The van der Waals surface area contributed by atoms with Crippen LogP contribution in [0.2, 0.25) is 15.8 Å². The van der Waals surface area contributed by atoms with Crippen LogP contribution in [0.4, 0.5) is 50.4 Å². The van der Waals surface area contributed by atoms with Gasteiger partial charge in [-0.2, -0.15) is 0 Å². The summed E-state index contributed by atoms with van der Waals surface area (Å²) in [6, 6.07) is 7.74. The fourth-order valence-corrected chi connectivity index (χ4v) is 0.788. The summed E-state index contributed by atoms with van der Waals surface area (Å²) in [5, 5.41) is 10.2. The number of H-pyrrole nitrogens is 1. The number of aromatic amines is 1. The molecular weight excluding hydrogens is 690 g/mol. The second-order valence-corrected chi connectivity index (χ2v) is 35.6. The van der Waals surface area contributed by atoms with Gasteiger partial charge in [0, 0.05) is 0 Å². The summed E-state index contributed by atoms with van der Waals surface area (Å²) in [6.45, 7) is 0. The van der Waals surface area contributed by atoms with E-state index in [1.165, 1.54) is 0 Å². The maximum absolute atomic E-state index is 10.7. The molecule has 0 fully saturated rings. The molecule has 18 heteroatoms. The van der Waals surface area contributed by atoms with E-state index in [2.05, 4.69) is 31.2 Å². The van der Waals surface area contributed by atoms with Crippen molar-refractivity contribution in [1.29, 1.82) is 0 Å². The minimum atomic E-state index is -10.7. The van der Waals surface area contributed by atoms with E-state index in [4.69, 9.17) is 0 Å². The fourth-order valence-electron chi connectivity index (χ4n) is 0.788. The molecule has 0 aliphatic rings. The maximum atomic E-state index is 9.87. The molecule has 1 heterocycles. The van der Waals surface area contributed by atoms with Gasteiger partial charge in [-0.3, -0.25) is 5.10 Å². The van der Waals surface area contributed by atoms with Gasteiger partial charge >= 0.3 is 106 Å². The first-order valence-corrected chi connectivity index (χ1v) is 27.5. The number of hydrogen-bond acceptors (Lipinski definition) is 2. The van der Waals surface area contributed by atoms with E-state index in [1.807, 2.05) is 24.3 Å². The van der Waals surface area contributed by atoms with Crippen molar-refractivity contribution >= 4 is 26.7 Å². The molecule has 0 atom stereocenters. The Morgan fingerprint density at radius 1 is 0.679 bits per heavy atom. The normalized spacial score (nSPS) is 17.0. The topological polar surface area (TPSA) is 41.6 Å². The van der Waals surface area contributed by atoms with Gasteiger partial charge in [-0.25, -0.2) is 0 Å². The van der Waals surface area contributed by atoms with Gasteiger partial charge in [-0.05, 0) is 12.1 Å². The average molecular weight is 707 g/mol. The minimum Gasteiger partial charge on any atom is -0.258 e. The predicted molar refractivity (Wildman–Crippen MR) is 84.5 cm³/mol. The van der Waals surface area contributed by atoms with Crippen molar-refractivity contribution in [2.75, 3.05) is 0 Å². The molecule has 0 unspecified atom stereocenters. The predicted octanol–water partition coefficient (Wildman–Crippen LogP) is 10.1. The number of hydrogen-bond donors (Lipinski definition) is 1. The molecule has 1 N–H and O–H groups in total. The summed E-state index contributed by atoms with van der Waals surface area (Å²) in [7, 11) is -21.3. The minimum absolute atomic E-state index is 0.914. The molecule has 2 aromatic rings. The van der Waals surface area contributed by atoms with Gasteiger partial charge in [-0.1, -0.05) is 17.3 Å². The number of nitrogens with zero attached hydrogens (tertiary/aromatic N) is 2. The van der Waals surface area contributed by atoms with E-state index in [0.717, 1.165) is 11.0 Å². The van der Waals surface area contributed by atoms with Crippen LogP contribution in [-0.2, 0) is 0 Å². The Morgan fingerprint density at radius 2 is 0.964 bits per heavy atom. The van der Waals surface area contributed by atoms with Crippen molar-refractivity contribution in [1.82, 2.24) is 15.4 Å². The Labute approximate surface area is 156 Å². The van der Waals surface area contributed by atoms with Crippen LogP contribution in [0.15, 0.2) is 24.3 Å². The zero-order valence-corrected chi connectivity index (χ0v) is 20.6. The van der Waals surface area contributed by atoms with Crippen LogP contribution in [0.5, 0.6) is 0 Å². The van der Waals surface area contributed by atoms with Gasteiger partial charge in [0.1, 0.15) is 5.52 Å². The van der Waals surface area contributed by atoms with Gasteiger partial charge in [0.25, 0.3) is 0 Å². The third-order valence-corrected chi connectivity index (χ3v) is 1.23. The van der Waals surface area contributed by atoms with Crippen LogP contribution in [0.3, 0.4) is 0 Å². The van der Waals surface area contributed by atoms with Crippen LogP contribution < -0.4 is 0 Å². The molecule has 0 amide bonds. The van der Waals surface area contributed by atoms with E-state index >= 15 is 0 Å². The molecule has 28 heavy (non-hydrogen) atoms. The van der Waals surface area contributed by atoms with Gasteiger partial charge in [0.2, 0.25) is 0 Å². The SMILES string of the molecule is F[P-](F)(F)(F)(F)F.F[P-](F)(F)(F)(F)F.[CH3][U+2]([CH3])([CH3])[CH3].c1ccc2[nH]nnc2c1. The Hall–Kier alpha value is -0.308. The molecule has 0 aliphatic heterocycles. The summed E-state index contributed by atoms with van der Waals surface area (Å²) < 4.78 is 128. The number of halogens is 12. The molecule has 0 bridgehead atoms. The fraction of sp³-hybridized carbons (Fsp3) is 0.400. The number of nitrogens with one attached hydrogen (secondary N) is 1. The molecule has 170 valence electrons. The van der Waals surface area contributed by atoms with E-state index < -0.39 is 40.0 Å². The Balaban J connectivity index is 0. The first-order valence-electron chi connectivity index (χ1n) is 6.75. The number of para-hydroxylation sites is 1. The Morgan fingerprint density at radius 3 is 1.25 bits per heavy atom. The van der Waals surface area contributed by atoms with Crippen molar-refractivity contribution in [3.63, 3.8) is 0 Å². The molecule has 3 nitrogen and oxygen atoms in total. The smallest absolute Gasteiger partial charge is 0.112 e. The summed E-state index contributed by atoms with van der Waals surface area (Å²) in [6.07, 6.45) is 0. The van der Waals surface area contributed by atoms with Gasteiger partial charge in [0.05, 0.1) is 5.52 Å². The van der Waals surface area contributed by atoms with Gasteiger partial charge in [-0.15, -0.1) is 5.10 Å². The summed E-state index contributed by atoms with van der Waals surface area (Å²) >= 11 is -1.34. The second kappa shape index (κ2) is 7.43. The van der Waals surface area contributed by atoms with Crippen LogP contribution in [0.25, 0.3) is 11.0 Å². The van der Waals surface area contributed by atoms with Crippen LogP contribution in [0, 0.1) is 24.4 Å². The van der Waals surface area contributed by atoms with Gasteiger partial charge in [0.15, 0.2) is 0 Å². The largest absolute Gasteiger partial charge is 0.258 e. The third kappa shape index (κ3) is 56.2. The summed E-state index contributed by atoms with van der Waals surface area (Å²) in [4.78, 5) is 0. The Bertz CT molecular complexity index is 673. The summed E-state index contributed by atoms with van der Waals surface area (Å²) in [5.74, 6) is 0. The molecule has 1 aromatic heterocycles. The summed E-state index contributed by atoms with van der Waals surface area (Å²) in [5.41, 5.74) is 1.90. The van der Waals surface area contributed by atoms with Crippen LogP contribution in [-0.4, -0.2) is 15.4 Å². The van der Waals surface area contributed by atoms with Crippen molar-refractivity contribution in [3.8, 4) is 0 Å². The first-order chi connectivity index (χ1) is 11.4. The number of aromatic nitrogens is 3. The zero-order valence-electron chi connectivity index (χ0n) is 14.6. The molecule has 0 saturated heterocycles. The molecule has 2 rings (SSSR count). The van der Waals surface area contributed by atoms with E-state index in [1.54, 1.807) is 0 Å². The zero-order chi connectivity index (χ0) is 23.4. The number of benzene rings is 1. The Kier molecular flexibility index (Phi) is 7.93. The van der Waals surface area contributed by atoms with Gasteiger partial charge < -0.3 is 0 Å². The van der Waals surface area contributed by atoms with Crippen molar-refractivity contribution in [2.24, 2.45) is 0 Å².